The first-order chi connectivity index (χ1) is 14.1. The molecule has 1 fully saturated rings. The van der Waals surface area contributed by atoms with Gasteiger partial charge in [-0.1, -0.05) is 54.0 Å². The number of nitrogens with two attached hydrogens (primary N) is 1. The zero-order chi connectivity index (χ0) is 20.5. The van der Waals surface area contributed by atoms with Crippen LogP contribution in [0, 0.1) is 6.92 Å². The van der Waals surface area contributed by atoms with Gasteiger partial charge in [-0.25, -0.2) is 0 Å². The first-order valence-electron chi connectivity index (χ1n) is 10.2. The summed E-state index contributed by atoms with van der Waals surface area (Å²) < 4.78 is 0. The SMILES string of the molecule is Cc1ccccc1CNC(=O)CO/N=C(/N)c1cccc(CN2CCCCC2)c1. The van der Waals surface area contributed by atoms with E-state index in [-0.39, 0.29) is 18.3 Å². The lowest BCUT2D eigenvalue weighted by Gasteiger charge is -2.26. The summed E-state index contributed by atoms with van der Waals surface area (Å²) in [6.07, 6.45) is 3.86. The zero-order valence-electron chi connectivity index (χ0n) is 17.1. The largest absolute Gasteiger partial charge is 0.384 e. The Bertz CT molecular complexity index is 844. The molecule has 2 aromatic rings. The Hall–Kier alpha value is -2.86. The topological polar surface area (TPSA) is 79.9 Å². The molecule has 1 saturated heterocycles. The van der Waals surface area contributed by atoms with Crippen molar-refractivity contribution in [1.82, 2.24) is 10.2 Å². The van der Waals surface area contributed by atoms with Gasteiger partial charge in [0.05, 0.1) is 0 Å². The van der Waals surface area contributed by atoms with Crippen molar-refractivity contribution in [1.29, 1.82) is 0 Å². The number of oxime groups is 1. The Labute approximate surface area is 172 Å². The number of amidine groups is 1. The molecule has 154 valence electrons. The number of amides is 1. The number of nitrogens with zero attached hydrogens (tertiary/aromatic N) is 2. The van der Waals surface area contributed by atoms with Gasteiger partial charge in [0.25, 0.3) is 5.91 Å². The number of benzene rings is 2. The van der Waals surface area contributed by atoms with E-state index in [1.807, 2.05) is 49.4 Å². The van der Waals surface area contributed by atoms with Crippen molar-refractivity contribution in [3.8, 4) is 0 Å². The van der Waals surface area contributed by atoms with E-state index in [0.717, 1.165) is 36.3 Å². The standard InChI is InChI=1S/C23H30N4O2/c1-18-8-3-4-10-21(18)15-25-22(28)17-29-26-23(24)20-11-7-9-19(14-20)16-27-12-5-2-6-13-27/h3-4,7-11,14H,2,5-6,12-13,15-17H2,1H3,(H2,24,26)(H,25,28). The number of carbonyl (C=O) groups excluding carboxylic acids is 1. The van der Waals surface area contributed by atoms with E-state index in [0.29, 0.717) is 6.54 Å². The third-order valence-corrected chi connectivity index (χ3v) is 5.17. The maximum Gasteiger partial charge on any atom is 0.261 e. The molecule has 1 aliphatic heterocycles. The Balaban J connectivity index is 1.47. The van der Waals surface area contributed by atoms with Crippen LogP contribution in [0.2, 0.25) is 0 Å². The number of nitrogens with one attached hydrogen (secondary N) is 1. The number of piperidine rings is 1. The van der Waals surface area contributed by atoms with E-state index < -0.39 is 0 Å². The lowest BCUT2D eigenvalue weighted by molar-refractivity contribution is -0.125. The second-order valence-electron chi connectivity index (χ2n) is 7.49. The fourth-order valence-corrected chi connectivity index (χ4v) is 3.47. The summed E-state index contributed by atoms with van der Waals surface area (Å²) in [5, 5.41) is 6.74. The van der Waals surface area contributed by atoms with Crippen LogP contribution in [0.4, 0.5) is 0 Å². The molecular formula is C23H30N4O2. The number of likely N-dealkylation sites (tertiary alicyclic amines) is 1. The predicted octanol–water partition coefficient (Wildman–Crippen LogP) is 2.93. The fourth-order valence-electron chi connectivity index (χ4n) is 3.47. The van der Waals surface area contributed by atoms with Crippen LogP contribution < -0.4 is 11.1 Å². The minimum atomic E-state index is -0.233. The molecule has 2 aromatic carbocycles. The van der Waals surface area contributed by atoms with Crippen LogP contribution in [0.25, 0.3) is 0 Å². The second-order valence-corrected chi connectivity index (χ2v) is 7.49. The number of carbonyl (C=O) groups is 1. The summed E-state index contributed by atoms with van der Waals surface area (Å²) in [4.78, 5) is 19.6. The van der Waals surface area contributed by atoms with Crippen LogP contribution in [0.3, 0.4) is 0 Å². The van der Waals surface area contributed by atoms with Gasteiger partial charge in [0.15, 0.2) is 12.4 Å². The average Bonchev–Trinajstić information content (AvgIpc) is 2.74. The summed E-state index contributed by atoms with van der Waals surface area (Å²) in [6.45, 7) is 5.53. The van der Waals surface area contributed by atoms with Gasteiger partial charge in [-0.3, -0.25) is 9.69 Å². The van der Waals surface area contributed by atoms with Gasteiger partial charge in [0.2, 0.25) is 0 Å². The molecular weight excluding hydrogens is 364 g/mol. The Morgan fingerprint density at radius 1 is 1.14 bits per heavy atom. The molecule has 0 aliphatic carbocycles. The van der Waals surface area contributed by atoms with Crippen LogP contribution in [0.15, 0.2) is 53.7 Å². The summed E-state index contributed by atoms with van der Waals surface area (Å²) in [6, 6.07) is 16.0. The molecule has 29 heavy (non-hydrogen) atoms. The third-order valence-electron chi connectivity index (χ3n) is 5.17. The maximum atomic E-state index is 12.0. The number of hydrogen-bond donors (Lipinski definition) is 2. The molecule has 0 bridgehead atoms. The van der Waals surface area contributed by atoms with Crippen molar-refractivity contribution in [3.63, 3.8) is 0 Å². The molecule has 6 heteroatoms. The monoisotopic (exact) mass is 394 g/mol. The summed E-state index contributed by atoms with van der Waals surface area (Å²) >= 11 is 0. The van der Waals surface area contributed by atoms with E-state index >= 15 is 0 Å². The van der Waals surface area contributed by atoms with Crippen molar-refractivity contribution in [2.45, 2.75) is 39.3 Å². The van der Waals surface area contributed by atoms with Gasteiger partial charge < -0.3 is 15.9 Å². The summed E-state index contributed by atoms with van der Waals surface area (Å²) in [5.41, 5.74) is 10.3. The smallest absolute Gasteiger partial charge is 0.261 e. The highest BCUT2D eigenvalue weighted by Gasteiger charge is 2.11. The van der Waals surface area contributed by atoms with Crippen molar-refractivity contribution in [2.75, 3.05) is 19.7 Å². The van der Waals surface area contributed by atoms with E-state index in [9.17, 15) is 4.79 Å². The Morgan fingerprint density at radius 3 is 2.72 bits per heavy atom. The van der Waals surface area contributed by atoms with Gasteiger partial charge in [-0.05, 0) is 55.6 Å². The fraction of sp³-hybridized carbons (Fsp3) is 0.391. The molecule has 3 N–H and O–H groups in total. The summed E-state index contributed by atoms with van der Waals surface area (Å²) in [7, 11) is 0. The van der Waals surface area contributed by atoms with Crippen LogP contribution >= 0.6 is 0 Å². The van der Waals surface area contributed by atoms with Gasteiger partial charge in [0.1, 0.15) is 0 Å². The molecule has 1 amide bonds. The number of aryl methyl sites for hydroxylation is 1. The van der Waals surface area contributed by atoms with Crippen molar-refractivity contribution >= 4 is 11.7 Å². The van der Waals surface area contributed by atoms with E-state index in [1.165, 1.54) is 24.8 Å². The average molecular weight is 395 g/mol. The molecule has 1 aliphatic rings. The number of hydrogen-bond acceptors (Lipinski definition) is 4. The van der Waals surface area contributed by atoms with Crippen LogP contribution in [0.5, 0.6) is 0 Å². The second kappa shape index (κ2) is 10.6. The third kappa shape index (κ3) is 6.61. The van der Waals surface area contributed by atoms with Crippen LogP contribution in [-0.2, 0) is 22.7 Å². The Morgan fingerprint density at radius 2 is 1.93 bits per heavy atom. The van der Waals surface area contributed by atoms with Gasteiger partial charge in [-0.15, -0.1) is 0 Å². The molecule has 6 nitrogen and oxygen atoms in total. The van der Waals surface area contributed by atoms with Crippen LogP contribution in [-0.4, -0.2) is 36.3 Å². The van der Waals surface area contributed by atoms with E-state index in [2.05, 4.69) is 21.4 Å². The lowest BCUT2D eigenvalue weighted by Crippen LogP contribution is -2.29. The highest BCUT2D eigenvalue weighted by molar-refractivity contribution is 5.97. The van der Waals surface area contributed by atoms with E-state index in [1.54, 1.807) is 0 Å². The molecule has 0 saturated carbocycles. The summed E-state index contributed by atoms with van der Waals surface area (Å²) in [5.74, 6) is 0.0425. The minimum absolute atomic E-state index is 0.167. The molecule has 1 heterocycles. The first-order valence-corrected chi connectivity index (χ1v) is 10.2. The number of rotatable bonds is 8. The molecule has 0 spiro atoms. The van der Waals surface area contributed by atoms with Crippen molar-refractivity contribution in [3.05, 3.63) is 70.8 Å². The van der Waals surface area contributed by atoms with Gasteiger partial charge in [-0.2, -0.15) is 0 Å². The minimum Gasteiger partial charge on any atom is -0.384 e. The molecule has 0 radical (unpaired) electrons. The zero-order valence-corrected chi connectivity index (χ0v) is 17.1. The highest BCUT2D eigenvalue weighted by atomic mass is 16.6. The van der Waals surface area contributed by atoms with E-state index in [4.69, 9.17) is 10.6 Å². The maximum absolute atomic E-state index is 12.0. The quantitative estimate of drug-likeness (QED) is 0.410. The molecule has 0 atom stereocenters. The first kappa shape index (κ1) is 20.9. The van der Waals surface area contributed by atoms with Gasteiger partial charge >= 0.3 is 0 Å². The van der Waals surface area contributed by atoms with Crippen molar-refractivity contribution in [2.24, 2.45) is 10.9 Å². The normalized spacial score (nSPS) is 15.1. The predicted molar refractivity (Wildman–Crippen MR) is 115 cm³/mol. The molecule has 0 aromatic heterocycles. The van der Waals surface area contributed by atoms with Crippen LogP contribution in [0.1, 0.15) is 41.5 Å². The Kier molecular flexibility index (Phi) is 7.64. The van der Waals surface area contributed by atoms with Crippen molar-refractivity contribution < 1.29 is 9.63 Å². The molecule has 3 rings (SSSR count). The highest BCUT2D eigenvalue weighted by Crippen LogP contribution is 2.14. The molecule has 0 unspecified atom stereocenters. The van der Waals surface area contributed by atoms with Gasteiger partial charge in [0, 0.05) is 18.7 Å². The lowest BCUT2D eigenvalue weighted by atomic mass is 10.1.